The van der Waals surface area contributed by atoms with Crippen molar-refractivity contribution in [1.29, 1.82) is 0 Å². The Morgan fingerprint density at radius 3 is 2.50 bits per heavy atom. The van der Waals surface area contributed by atoms with Crippen molar-refractivity contribution in [2.75, 3.05) is 25.1 Å². The average molecular weight is 403 g/mol. The van der Waals surface area contributed by atoms with Gasteiger partial charge in [0.2, 0.25) is 0 Å². The Morgan fingerprint density at radius 2 is 1.73 bits per heavy atom. The summed E-state index contributed by atoms with van der Waals surface area (Å²) in [6.07, 6.45) is 0. The number of nitrogens with zero attached hydrogens (tertiary/aromatic N) is 2. The average Bonchev–Trinajstić information content (AvgIpc) is 3.23. The highest BCUT2D eigenvalue weighted by Crippen LogP contribution is 2.30. The van der Waals surface area contributed by atoms with Crippen LogP contribution >= 0.6 is 0 Å². The van der Waals surface area contributed by atoms with Crippen molar-refractivity contribution in [3.8, 4) is 11.5 Å². The first-order chi connectivity index (χ1) is 14.8. The monoisotopic (exact) mass is 403 g/mol. The second-order valence-electron chi connectivity index (χ2n) is 6.93. The second-order valence-corrected chi connectivity index (χ2v) is 6.93. The van der Waals surface area contributed by atoms with E-state index in [2.05, 4.69) is 4.98 Å². The van der Waals surface area contributed by atoms with E-state index in [9.17, 15) is 0 Å². The molecule has 6 nitrogen and oxygen atoms in total. The van der Waals surface area contributed by atoms with Crippen molar-refractivity contribution in [2.24, 2.45) is 5.73 Å². The Kier molecular flexibility index (Phi) is 6.15. The molecule has 0 atom stereocenters. The van der Waals surface area contributed by atoms with Crippen LogP contribution in [0, 0.1) is 0 Å². The molecular formula is C24H25N3O3. The van der Waals surface area contributed by atoms with Gasteiger partial charge < -0.3 is 24.5 Å². The van der Waals surface area contributed by atoms with Crippen molar-refractivity contribution in [3.05, 3.63) is 83.9 Å². The van der Waals surface area contributed by atoms with E-state index < -0.39 is 0 Å². The van der Waals surface area contributed by atoms with Crippen LogP contribution in [0.5, 0.6) is 11.5 Å². The topological polar surface area (TPSA) is 73.8 Å². The molecule has 0 radical (unpaired) electrons. The van der Waals surface area contributed by atoms with Gasteiger partial charge in [0.1, 0.15) is 12.1 Å². The van der Waals surface area contributed by atoms with Gasteiger partial charge in [-0.05, 0) is 35.4 Å². The highest BCUT2D eigenvalue weighted by molar-refractivity contribution is 5.74. The van der Waals surface area contributed by atoms with Gasteiger partial charge in [-0.2, -0.15) is 4.98 Å². The molecule has 30 heavy (non-hydrogen) atoms. The molecule has 0 saturated carbocycles. The molecule has 2 N–H and O–H groups in total. The van der Waals surface area contributed by atoms with Crippen LogP contribution in [-0.2, 0) is 13.2 Å². The molecule has 0 aliphatic rings. The van der Waals surface area contributed by atoms with Crippen LogP contribution < -0.4 is 20.1 Å². The van der Waals surface area contributed by atoms with E-state index in [0.717, 1.165) is 22.2 Å². The zero-order valence-corrected chi connectivity index (χ0v) is 17.0. The zero-order chi connectivity index (χ0) is 20.8. The maximum absolute atomic E-state index is 5.96. The fourth-order valence-corrected chi connectivity index (χ4v) is 3.28. The van der Waals surface area contributed by atoms with Crippen LogP contribution in [0.3, 0.4) is 0 Å². The molecule has 4 aromatic rings. The van der Waals surface area contributed by atoms with Crippen molar-refractivity contribution < 1.29 is 13.9 Å². The number of nitrogens with two attached hydrogens (primary N) is 1. The Hall–Kier alpha value is -3.51. The van der Waals surface area contributed by atoms with Gasteiger partial charge in [0, 0.05) is 19.6 Å². The number of oxazole rings is 1. The number of aromatic nitrogens is 1. The van der Waals surface area contributed by atoms with Gasteiger partial charge in [0.15, 0.2) is 17.1 Å². The molecule has 0 saturated heterocycles. The SMILES string of the molecule is COc1cc(CN(CCN)c2nc3ccccc3o2)ccc1OCc1ccccc1. The first kappa shape index (κ1) is 19.8. The largest absolute Gasteiger partial charge is 0.493 e. The second kappa shape index (κ2) is 9.33. The Bertz CT molecular complexity index is 1060. The molecule has 0 spiro atoms. The zero-order valence-electron chi connectivity index (χ0n) is 17.0. The lowest BCUT2D eigenvalue weighted by Crippen LogP contribution is -2.29. The van der Waals surface area contributed by atoms with Gasteiger partial charge in [-0.3, -0.25) is 0 Å². The lowest BCUT2D eigenvalue weighted by atomic mass is 10.2. The summed E-state index contributed by atoms with van der Waals surface area (Å²) in [5.41, 5.74) is 9.58. The number of hydrogen-bond acceptors (Lipinski definition) is 6. The summed E-state index contributed by atoms with van der Waals surface area (Å²) in [4.78, 5) is 6.63. The number of methoxy groups -OCH3 is 1. The molecule has 0 bridgehead atoms. The number of para-hydroxylation sites is 2. The molecule has 1 aromatic heterocycles. The molecule has 0 unspecified atom stereocenters. The predicted molar refractivity (Wildman–Crippen MR) is 118 cm³/mol. The van der Waals surface area contributed by atoms with Gasteiger partial charge in [-0.25, -0.2) is 0 Å². The van der Waals surface area contributed by atoms with Crippen LogP contribution in [0.1, 0.15) is 11.1 Å². The van der Waals surface area contributed by atoms with E-state index >= 15 is 0 Å². The predicted octanol–water partition coefficient (Wildman–Crippen LogP) is 4.38. The van der Waals surface area contributed by atoms with E-state index in [4.69, 9.17) is 19.6 Å². The Balaban J connectivity index is 1.51. The fourth-order valence-electron chi connectivity index (χ4n) is 3.28. The van der Waals surface area contributed by atoms with Crippen molar-refractivity contribution >= 4 is 17.1 Å². The van der Waals surface area contributed by atoms with Gasteiger partial charge in [-0.15, -0.1) is 0 Å². The van der Waals surface area contributed by atoms with Gasteiger partial charge >= 0.3 is 0 Å². The lowest BCUT2D eigenvalue weighted by Gasteiger charge is -2.20. The summed E-state index contributed by atoms with van der Waals surface area (Å²) in [7, 11) is 1.65. The third-order valence-corrected chi connectivity index (χ3v) is 4.79. The maximum atomic E-state index is 5.96. The first-order valence-electron chi connectivity index (χ1n) is 9.91. The van der Waals surface area contributed by atoms with Crippen LogP contribution in [0.25, 0.3) is 11.1 Å². The number of benzene rings is 3. The third kappa shape index (κ3) is 4.55. The molecule has 4 rings (SSSR count). The molecule has 0 amide bonds. The fraction of sp³-hybridized carbons (Fsp3) is 0.208. The van der Waals surface area contributed by atoms with Gasteiger partial charge in [0.05, 0.1) is 7.11 Å². The van der Waals surface area contributed by atoms with E-state index in [1.165, 1.54) is 0 Å². The summed E-state index contributed by atoms with van der Waals surface area (Å²) in [6.45, 7) is 2.20. The minimum atomic E-state index is 0.485. The number of fused-ring (bicyclic) bond motifs is 1. The molecule has 0 aliphatic heterocycles. The van der Waals surface area contributed by atoms with Crippen molar-refractivity contribution in [3.63, 3.8) is 0 Å². The third-order valence-electron chi connectivity index (χ3n) is 4.79. The maximum Gasteiger partial charge on any atom is 0.298 e. The number of ether oxygens (including phenoxy) is 2. The Morgan fingerprint density at radius 1 is 0.933 bits per heavy atom. The molecule has 0 aliphatic carbocycles. The summed E-state index contributed by atoms with van der Waals surface area (Å²) >= 11 is 0. The van der Waals surface area contributed by atoms with E-state index in [1.807, 2.05) is 77.7 Å². The molecule has 3 aromatic carbocycles. The highest BCUT2D eigenvalue weighted by atomic mass is 16.5. The van der Waals surface area contributed by atoms with Crippen LogP contribution in [-0.4, -0.2) is 25.2 Å². The van der Waals surface area contributed by atoms with Gasteiger partial charge in [-0.1, -0.05) is 48.5 Å². The van der Waals surface area contributed by atoms with E-state index in [1.54, 1.807) is 7.11 Å². The summed E-state index contributed by atoms with van der Waals surface area (Å²) < 4.78 is 17.4. The standard InChI is InChI=1S/C24H25N3O3/c1-28-23-15-19(11-12-22(23)29-17-18-7-3-2-4-8-18)16-27(14-13-25)24-26-20-9-5-6-10-21(20)30-24/h2-12,15H,13-14,16-17,25H2,1H3. The number of hydrogen-bond donors (Lipinski definition) is 1. The van der Waals surface area contributed by atoms with Crippen LogP contribution in [0.4, 0.5) is 6.01 Å². The van der Waals surface area contributed by atoms with E-state index in [0.29, 0.717) is 43.8 Å². The number of anilines is 1. The summed E-state index contributed by atoms with van der Waals surface area (Å²) in [6, 6.07) is 24.3. The van der Waals surface area contributed by atoms with Crippen molar-refractivity contribution in [1.82, 2.24) is 4.98 Å². The summed E-state index contributed by atoms with van der Waals surface area (Å²) in [5, 5.41) is 0. The highest BCUT2D eigenvalue weighted by Gasteiger charge is 2.15. The summed E-state index contributed by atoms with van der Waals surface area (Å²) in [5.74, 6) is 1.39. The Labute approximate surface area is 175 Å². The minimum Gasteiger partial charge on any atom is -0.493 e. The smallest absolute Gasteiger partial charge is 0.298 e. The van der Waals surface area contributed by atoms with Crippen LogP contribution in [0.15, 0.2) is 77.2 Å². The normalized spacial score (nSPS) is 10.9. The molecule has 0 fully saturated rings. The van der Waals surface area contributed by atoms with Crippen molar-refractivity contribution in [2.45, 2.75) is 13.2 Å². The van der Waals surface area contributed by atoms with E-state index in [-0.39, 0.29) is 0 Å². The molecule has 6 heteroatoms. The number of rotatable bonds is 9. The molecule has 154 valence electrons. The first-order valence-corrected chi connectivity index (χ1v) is 9.91. The minimum absolute atomic E-state index is 0.485. The van der Waals surface area contributed by atoms with Crippen LogP contribution in [0.2, 0.25) is 0 Å². The quantitative estimate of drug-likeness (QED) is 0.447. The van der Waals surface area contributed by atoms with Gasteiger partial charge in [0.25, 0.3) is 6.01 Å². The lowest BCUT2D eigenvalue weighted by molar-refractivity contribution is 0.284. The molecular weight excluding hydrogens is 378 g/mol. The molecule has 1 heterocycles.